The van der Waals surface area contributed by atoms with Crippen molar-refractivity contribution in [2.75, 3.05) is 18.4 Å². The van der Waals surface area contributed by atoms with E-state index in [9.17, 15) is 0 Å². The first kappa shape index (κ1) is 11.5. The zero-order valence-electron chi connectivity index (χ0n) is 10.2. The molecule has 0 aromatic carbocycles. The van der Waals surface area contributed by atoms with Gasteiger partial charge in [0.05, 0.1) is 6.20 Å². The minimum absolute atomic E-state index is 0.605. The van der Waals surface area contributed by atoms with Gasteiger partial charge < -0.3 is 10.6 Å². The number of anilines is 1. The van der Waals surface area contributed by atoms with Crippen molar-refractivity contribution < 1.29 is 0 Å². The molecule has 0 bridgehead atoms. The normalized spacial score (nSPS) is 25.6. The summed E-state index contributed by atoms with van der Waals surface area (Å²) in [5.74, 6) is 2.00. The summed E-state index contributed by atoms with van der Waals surface area (Å²) < 4.78 is 1.88. The molecule has 0 aliphatic carbocycles. The van der Waals surface area contributed by atoms with Crippen LogP contribution in [0.4, 0.5) is 5.82 Å². The summed E-state index contributed by atoms with van der Waals surface area (Å²) in [6.45, 7) is 4.45. The molecule has 0 amide bonds. The quantitative estimate of drug-likeness (QED) is 0.813. The highest BCUT2D eigenvalue weighted by atomic mass is 15.3. The van der Waals surface area contributed by atoms with Crippen LogP contribution in [0.25, 0.3) is 0 Å². The van der Waals surface area contributed by atoms with Gasteiger partial charge in [0.2, 0.25) is 0 Å². The predicted molar refractivity (Wildman–Crippen MR) is 66.5 cm³/mol. The maximum absolute atomic E-state index is 4.15. The Balaban J connectivity index is 1.79. The van der Waals surface area contributed by atoms with E-state index in [1.54, 1.807) is 0 Å². The van der Waals surface area contributed by atoms with Crippen molar-refractivity contribution in [2.24, 2.45) is 13.0 Å². The Labute approximate surface area is 97.4 Å². The van der Waals surface area contributed by atoms with Crippen molar-refractivity contribution in [1.29, 1.82) is 0 Å². The molecule has 4 heteroatoms. The van der Waals surface area contributed by atoms with Gasteiger partial charge in [0, 0.05) is 25.7 Å². The summed E-state index contributed by atoms with van der Waals surface area (Å²) in [6, 6.07) is 2.62. The number of nitrogens with zero attached hydrogens (tertiary/aromatic N) is 2. The van der Waals surface area contributed by atoms with Gasteiger partial charge in [0.25, 0.3) is 0 Å². The van der Waals surface area contributed by atoms with Gasteiger partial charge in [-0.2, -0.15) is 5.10 Å². The largest absolute Gasteiger partial charge is 0.369 e. The van der Waals surface area contributed by atoms with Crippen molar-refractivity contribution in [2.45, 2.75) is 32.2 Å². The Morgan fingerprint density at radius 1 is 1.62 bits per heavy atom. The Bertz CT molecular complexity index is 321. The number of hydrogen-bond acceptors (Lipinski definition) is 3. The van der Waals surface area contributed by atoms with Crippen LogP contribution in [0.15, 0.2) is 12.3 Å². The monoisotopic (exact) mass is 222 g/mol. The van der Waals surface area contributed by atoms with Crippen LogP contribution in [-0.2, 0) is 7.05 Å². The minimum atomic E-state index is 0.605. The van der Waals surface area contributed by atoms with Gasteiger partial charge in [-0.25, -0.2) is 0 Å². The number of rotatable bonds is 4. The molecule has 90 valence electrons. The van der Waals surface area contributed by atoms with Crippen molar-refractivity contribution in [3.8, 4) is 0 Å². The van der Waals surface area contributed by atoms with Gasteiger partial charge in [0.15, 0.2) is 0 Å². The average molecular weight is 222 g/mol. The standard InChI is InChI=1S/C12H22N4/c1-3-10-4-6-13-11(8-10)9-14-12-5-7-15-16(12)2/h5,7,10-11,13-14H,3-4,6,8-9H2,1-2H3. The SMILES string of the molecule is CCC1CCNC(CNc2ccnn2C)C1. The molecule has 0 radical (unpaired) electrons. The molecule has 1 aliphatic heterocycles. The molecule has 0 spiro atoms. The second-order valence-corrected chi connectivity index (χ2v) is 4.67. The van der Waals surface area contributed by atoms with E-state index in [2.05, 4.69) is 22.7 Å². The molecule has 0 saturated carbocycles. The summed E-state index contributed by atoms with van der Waals surface area (Å²) in [7, 11) is 1.96. The lowest BCUT2D eigenvalue weighted by molar-refractivity contribution is 0.302. The van der Waals surface area contributed by atoms with Crippen LogP contribution in [-0.4, -0.2) is 28.9 Å². The first-order valence-corrected chi connectivity index (χ1v) is 6.25. The van der Waals surface area contributed by atoms with E-state index in [-0.39, 0.29) is 0 Å². The third kappa shape index (κ3) is 2.76. The Morgan fingerprint density at radius 3 is 3.19 bits per heavy atom. The van der Waals surface area contributed by atoms with E-state index in [0.29, 0.717) is 6.04 Å². The molecule has 4 nitrogen and oxygen atoms in total. The van der Waals surface area contributed by atoms with Crippen LogP contribution in [0.3, 0.4) is 0 Å². The van der Waals surface area contributed by atoms with Crippen LogP contribution in [0.1, 0.15) is 26.2 Å². The molecular formula is C12H22N4. The topological polar surface area (TPSA) is 41.9 Å². The van der Waals surface area contributed by atoms with Gasteiger partial charge >= 0.3 is 0 Å². The number of hydrogen-bond donors (Lipinski definition) is 2. The number of aryl methyl sites for hydroxylation is 1. The number of aromatic nitrogens is 2. The van der Waals surface area contributed by atoms with Crippen LogP contribution in [0.5, 0.6) is 0 Å². The molecule has 2 unspecified atom stereocenters. The highest BCUT2D eigenvalue weighted by molar-refractivity contribution is 5.33. The van der Waals surface area contributed by atoms with Gasteiger partial charge in [-0.1, -0.05) is 13.3 Å². The molecule has 16 heavy (non-hydrogen) atoms. The number of piperidine rings is 1. The van der Waals surface area contributed by atoms with E-state index < -0.39 is 0 Å². The summed E-state index contributed by atoms with van der Waals surface area (Å²) in [6.07, 6.45) is 5.76. The van der Waals surface area contributed by atoms with Crippen molar-refractivity contribution in [3.05, 3.63) is 12.3 Å². The van der Waals surface area contributed by atoms with Crippen LogP contribution >= 0.6 is 0 Å². The fourth-order valence-electron chi connectivity index (χ4n) is 2.40. The molecule has 1 aromatic rings. The molecule has 1 aliphatic rings. The third-order valence-electron chi connectivity index (χ3n) is 3.53. The van der Waals surface area contributed by atoms with Crippen LogP contribution < -0.4 is 10.6 Å². The van der Waals surface area contributed by atoms with Crippen molar-refractivity contribution in [3.63, 3.8) is 0 Å². The summed E-state index contributed by atoms with van der Waals surface area (Å²) in [5.41, 5.74) is 0. The fraction of sp³-hybridized carbons (Fsp3) is 0.750. The number of nitrogens with one attached hydrogen (secondary N) is 2. The molecule has 2 rings (SSSR count). The predicted octanol–water partition coefficient (Wildman–Crippen LogP) is 1.61. The molecule has 2 heterocycles. The molecule has 2 atom stereocenters. The van der Waals surface area contributed by atoms with E-state index in [1.165, 1.54) is 19.3 Å². The van der Waals surface area contributed by atoms with Gasteiger partial charge in [-0.15, -0.1) is 0 Å². The minimum Gasteiger partial charge on any atom is -0.369 e. The highest BCUT2D eigenvalue weighted by Crippen LogP contribution is 2.19. The Kier molecular flexibility index (Phi) is 3.83. The average Bonchev–Trinajstić information content (AvgIpc) is 2.72. The molecule has 1 saturated heterocycles. The molecule has 1 fully saturated rings. The lowest BCUT2D eigenvalue weighted by Gasteiger charge is -2.30. The molecule has 1 aromatic heterocycles. The molecular weight excluding hydrogens is 200 g/mol. The Hall–Kier alpha value is -1.03. The van der Waals surface area contributed by atoms with Gasteiger partial charge in [0.1, 0.15) is 5.82 Å². The van der Waals surface area contributed by atoms with E-state index in [1.807, 2.05) is 24.0 Å². The third-order valence-corrected chi connectivity index (χ3v) is 3.53. The van der Waals surface area contributed by atoms with Crippen LogP contribution in [0.2, 0.25) is 0 Å². The van der Waals surface area contributed by atoms with E-state index >= 15 is 0 Å². The summed E-state index contributed by atoms with van der Waals surface area (Å²) >= 11 is 0. The highest BCUT2D eigenvalue weighted by Gasteiger charge is 2.19. The zero-order chi connectivity index (χ0) is 11.4. The maximum Gasteiger partial charge on any atom is 0.123 e. The maximum atomic E-state index is 4.15. The zero-order valence-corrected chi connectivity index (χ0v) is 10.2. The fourth-order valence-corrected chi connectivity index (χ4v) is 2.40. The Morgan fingerprint density at radius 2 is 2.50 bits per heavy atom. The van der Waals surface area contributed by atoms with Crippen molar-refractivity contribution >= 4 is 5.82 Å². The van der Waals surface area contributed by atoms with Crippen molar-refractivity contribution in [1.82, 2.24) is 15.1 Å². The van der Waals surface area contributed by atoms with Gasteiger partial charge in [-0.3, -0.25) is 4.68 Å². The summed E-state index contributed by atoms with van der Waals surface area (Å²) in [4.78, 5) is 0. The second kappa shape index (κ2) is 5.34. The van der Waals surface area contributed by atoms with Crippen LogP contribution in [0, 0.1) is 5.92 Å². The lowest BCUT2D eigenvalue weighted by Crippen LogP contribution is -2.42. The van der Waals surface area contributed by atoms with E-state index in [4.69, 9.17) is 0 Å². The first-order valence-electron chi connectivity index (χ1n) is 6.25. The second-order valence-electron chi connectivity index (χ2n) is 4.67. The molecule has 2 N–H and O–H groups in total. The first-order chi connectivity index (χ1) is 7.79. The smallest absolute Gasteiger partial charge is 0.123 e. The van der Waals surface area contributed by atoms with E-state index in [0.717, 1.165) is 24.8 Å². The lowest BCUT2D eigenvalue weighted by atomic mass is 9.90. The summed E-state index contributed by atoms with van der Waals surface area (Å²) in [5, 5.41) is 11.2. The van der Waals surface area contributed by atoms with Gasteiger partial charge in [-0.05, 0) is 25.3 Å².